The molecule has 0 fully saturated rings. The Labute approximate surface area is 767 Å². The third kappa shape index (κ3) is 21.4. The van der Waals surface area contributed by atoms with Crippen molar-refractivity contribution in [2.75, 3.05) is 91.6 Å². The molecule has 0 bridgehead atoms. The number of aromatic nitrogens is 6. The fraction of sp³-hybridized carbons (Fsp3) is 0.142. The molecule has 660 valence electrons. The molecular formula is C106H94N20O7. The SMILES string of the molecule is Cn1cc(-c2ccc3c(c2)C(CN)=NCC3=O)cn1.NCC1=NCC(=O)c2cc(-c3ccccc3)ccc21.NCC1=NCC(=O)c2cc(-c3ccccn3)ccc21.NCC1=NCC(=O)c2cc(-c3cccnc3)ccc21.NCC1=NCC(=O)c2ccc(-c3ccccc3)cc21.NCC1=NCC(=O)c2ccc(-c3ccccn3)cc21.NCC1=NCC(=O)c2ccc(-c3cccnc3)cc21. The minimum atomic E-state index is 0.0324. The minimum Gasteiger partial charge on any atom is -0.325 e. The molecule has 0 saturated carbocycles. The summed E-state index contributed by atoms with van der Waals surface area (Å²) in [4.78, 5) is 130. The zero-order valence-corrected chi connectivity index (χ0v) is 72.9. The van der Waals surface area contributed by atoms with Crippen molar-refractivity contribution in [3.05, 3.63) is 376 Å². The molecule has 14 aromatic rings. The number of carbonyl (C=O) groups excluding carboxylic acids is 7. The van der Waals surface area contributed by atoms with Crippen molar-refractivity contribution < 1.29 is 33.6 Å². The van der Waals surface area contributed by atoms with E-state index in [2.05, 4.69) is 60.0 Å². The number of hydrogen-bond acceptors (Lipinski definition) is 26. The van der Waals surface area contributed by atoms with Gasteiger partial charge in [-0.25, -0.2) is 0 Å². The Hall–Kier alpha value is -16.1. The maximum Gasteiger partial charge on any atom is 0.184 e. The van der Waals surface area contributed by atoms with Gasteiger partial charge in [0.2, 0.25) is 0 Å². The highest BCUT2D eigenvalue weighted by atomic mass is 16.2. The second-order valence-electron chi connectivity index (χ2n) is 31.1. The van der Waals surface area contributed by atoms with E-state index in [0.29, 0.717) is 73.6 Å². The normalized spacial score (nSPS) is 14.0. The van der Waals surface area contributed by atoms with Crippen LogP contribution in [0.4, 0.5) is 0 Å². The second-order valence-corrected chi connectivity index (χ2v) is 31.1. The van der Waals surface area contributed by atoms with Crippen LogP contribution in [0, 0.1) is 0 Å². The lowest BCUT2D eigenvalue weighted by atomic mass is 9.92. The molecule has 12 heterocycles. The largest absolute Gasteiger partial charge is 0.325 e. The van der Waals surface area contributed by atoms with Gasteiger partial charge in [0, 0.05) is 202 Å². The van der Waals surface area contributed by atoms with Crippen LogP contribution in [0.25, 0.3) is 78.1 Å². The molecule has 14 N–H and O–H groups in total. The van der Waals surface area contributed by atoms with Gasteiger partial charge < -0.3 is 40.1 Å². The van der Waals surface area contributed by atoms with E-state index in [4.69, 9.17) is 40.1 Å². The van der Waals surface area contributed by atoms with Crippen molar-refractivity contribution >= 4 is 80.5 Å². The van der Waals surface area contributed by atoms with Gasteiger partial charge in [-0.1, -0.05) is 164 Å². The number of Topliss-reactive ketones (excluding diaryl/α,β-unsaturated/α-hetero) is 7. The Morgan fingerprint density at radius 1 is 0.226 bits per heavy atom. The molecule has 0 radical (unpaired) electrons. The zero-order chi connectivity index (χ0) is 92.9. The van der Waals surface area contributed by atoms with Gasteiger partial charge in [0.05, 0.1) is 57.6 Å². The number of carbonyl (C=O) groups is 7. The number of nitrogens with two attached hydrogens (primary N) is 7. The third-order valence-corrected chi connectivity index (χ3v) is 22.8. The summed E-state index contributed by atoms with van der Waals surface area (Å²) in [6.45, 7) is 3.85. The van der Waals surface area contributed by atoms with Crippen LogP contribution in [0.1, 0.15) is 111 Å². The lowest BCUT2D eigenvalue weighted by Crippen LogP contribution is -2.24. The Morgan fingerprint density at radius 3 is 0.752 bits per heavy atom. The van der Waals surface area contributed by atoms with E-state index in [1.807, 2.05) is 262 Å². The van der Waals surface area contributed by atoms with E-state index in [1.54, 1.807) is 48.1 Å². The summed E-state index contributed by atoms with van der Waals surface area (Å²) in [6, 6.07) is 79.8. The number of aliphatic imine (C=N–C) groups is 7. The van der Waals surface area contributed by atoms with Gasteiger partial charge in [-0.05, 0) is 124 Å². The van der Waals surface area contributed by atoms with Crippen LogP contribution >= 0.6 is 0 Å². The Balaban J connectivity index is 0.000000118. The predicted molar refractivity (Wildman–Crippen MR) is 525 cm³/mol. The third-order valence-electron chi connectivity index (χ3n) is 22.8. The highest BCUT2D eigenvalue weighted by Gasteiger charge is 2.28. The fourth-order valence-corrected chi connectivity index (χ4v) is 16.0. The molecule has 27 nitrogen and oxygen atoms in total. The Bertz CT molecular complexity index is 6430. The smallest absolute Gasteiger partial charge is 0.184 e. The van der Waals surface area contributed by atoms with E-state index in [-0.39, 0.29) is 86.3 Å². The first-order chi connectivity index (χ1) is 64.9. The summed E-state index contributed by atoms with van der Waals surface area (Å²) < 4.78 is 1.75. The number of aryl methyl sites for hydroxylation is 1. The maximum atomic E-state index is 12.0. The van der Waals surface area contributed by atoms with Gasteiger partial charge in [0.1, 0.15) is 45.8 Å². The highest BCUT2D eigenvalue weighted by Crippen LogP contribution is 2.33. The van der Waals surface area contributed by atoms with Gasteiger partial charge in [0.15, 0.2) is 40.5 Å². The molecule has 0 aliphatic carbocycles. The Morgan fingerprint density at radius 2 is 0.474 bits per heavy atom. The molecular weight excluding hydrogens is 1670 g/mol. The molecule has 0 saturated heterocycles. The van der Waals surface area contributed by atoms with E-state index in [9.17, 15) is 33.6 Å². The van der Waals surface area contributed by atoms with Crippen LogP contribution in [-0.4, -0.2) is 202 Å². The van der Waals surface area contributed by atoms with Gasteiger partial charge in [-0.15, -0.1) is 0 Å². The number of pyridine rings is 4. The number of ketones is 7. The number of benzene rings is 9. The summed E-state index contributed by atoms with van der Waals surface area (Å²) in [5.41, 5.74) is 70.4. The fourth-order valence-electron chi connectivity index (χ4n) is 16.0. The van der Waals surface area contributed by atoms with Crippen LogP contribution in [0.5, 0.6) is 0 Å². The number of rotatable bonds is 14. The molecule has 0 unspecified atom stereocenters. The summed E-state index contributed by atoms with van der Waals surface area (Å²) >= 11 is 0. The van der Waals surface area contributed by atoms with E-state index in [1.165, 1.54) is 0 Å². The number of fused-ring (bicyclic) bond motifs is 7. The first kappa shape index (κ1) is 91.6. The number of nitrogens with zero attached hydrogens (tertiary/aromatic N) is 13. The molecule has 0 atom stereocenters. The van der Waals surface area contributed by atoms with Crippen molar-refractivity contribution in [1.82, 2.24) is 29.7 Å². The monoisotopic (exact) mass is 1760 g/mol. The lowest BCUT2D eigenvalue weighted by Gasteiger charge is -2.16. The second kappa shape index (κ2) is 43.3. The van der Waals surface area contributed by atoms with Crippen molar-refractivity contribution in [1.29, 1.82) is 0 Å². The van der Waals surface area contributed by atoms with Gasteiger partial charge in [-0.2, -0.15) is 5.10 Å². The standard InChI is InChI=1S/2C16H14N2O.4C15H13N3O.C14H14N4O/c17-9-15-14-8-12(11-4-2-1-3-5-11)6-7-13(14)16(19)10-18-15;17-9-15-13-7-6-12(11-4-2-1-3-5-11)8-14(13)16(19)10-18-15;16-7-14-13-6-10(11-2-1-5-17-8-11)3-4-12(13)15(19)9-18-14;16-7-14-12-4-3-10(11-2-1-5-17-8-11)6-13(12)15(19)9-18-14;16-8-14-12-7-10(13-3-1-2-6-17-13)4-5-11(12)15(19)9-18-14;16-8-14-11-5-4-10(13-3-1-2-6-17-13)7-12(11)15(19)9-18-14;1-18-8-10(6-17-18)9-2-3-11-12(4-9)13(5-15)16-7-14(11)19/h2*1-8H,9-10,17H2;2*1-6,8H,7,9,16H2;2*1-7H,8-9,16H2;2-4,6,8H,5,7,15H2,1H3. The maximum absolute atomic E-state index is 12.0. The minimum absolute atomic E-state index is 0.0324. The first-order valence-corrected chi connectivity index (χ1v) is 43.1. The first-order valence-electron chi connectivity index (χ1n) is 43.1. The average molecular weight is 1760 g/mol. The van der Waals surface area contributed by atoms with Crippen LogP contribution in [0.3, 0.4) is 0 Å². The topological polar surface area (TPSA) is 458 Å². The summed E-state index contributed by atoms with van der Waals surface area (Å²) in [6.07, 6.45) is 14.3. The van der Waals surface area contributed by atoms with Crippen molar-refractivity contribution in [2.45, 2.75) is 0 Å². The molecule has 7 aliphatic rings. The molecule has 21 rings (SSSR count). The molecule has 9 aromatic carbocycles. The van der Waals surface area contributed by atoms with E-state index in [0.717, 1.165) is 168 Å². The highest BCUT2D eigenvalue weighted by molar-refractivity contribution is 6.22. The molecule has 0 amide bonds. The van der Waals surface area contributed by atoms with Gasteiger partial charge in [0.25, 0.3) is 0 Å². The average Bonchev–Trinajstić information content (AvgIpc) is 1.69. The summed E-state index contributed by atoms with van der Waals surface area (Å²) in [5, 5.41) is 4.15. The van der Waals surface area contributed by atoms with Crippen molar-refractivity contribution in [3.63, 3.8) is 0 Å². The zero-order valence-electron chi connectivity index (χ0n) is 72.9. The van der Waals surface area contributed by atoms with Gasteiger partial charge >= 0.3 is 0 Å². The van der Waals surface area contributed by atoms with Crippen LogP contribution in [-0.2, 0) is 7.05 Å². The Kier molecular flexibility index (Phi) is 29.9. The van der Waals surface area contributed by atoms with Crippen molar-refractivity contribution in [3.8, 4) is 78.1 Å². The van der Waals surface area contributed by atoms with Crippen LogP contribution in [0.15, 0.2) is 333 Å². The predicted octanol–water partition coefficient (Wildman–Crippen LogP) is 12.4. The van der Waals surface area contributed by atoms with Crippen LogP contribution in [0.2, 0.25) is 0 Å². The van der Waals surface area contributed by atoms with Gasteiger partial charge in [-0.3, -0.25) is 93.1 Å². The molecule has 7 aliphatic heterocycles. The number of hydrogen-bond donors (Lipinski definition) is 7. The molecule has 133 heavy (non-hydrogen) atoms. The summed E-state index contributed by atoms with van der Waals surface area (Å²) in [7, 11) is 1.87. The van der Waals surface area contributed by atoms with E-state index >= 15 is 0 Å². The molecule has 5 aromatic heterocycles. The summed E-state index contributed by atoms with van der Waals surface area (Å²) in [5.74, 6) is 0.328. The molecule has 0 spiro atoms. The molecule has 27 heteroatoms. The van der Waals surface area contributed by atoms with Crippen LogP contribution < -0.4 is 40.1 Å². The van der Waals surface area contributed by atoms with Crippen molar-refractivity contribution in [2.24, 2.45) is 82.1 Å². The quantitative estimate of drug-likeness (QED) is 0.0531. The van der Waals surface area contributed by atoms with E-state index < -0.39 is 0 Å². The lowest BCUT2D eigenvalue weighted by molar-refractivity contribution is 0.0992.